The molecule has 0 radical (unpaired) electrons. The van der Waals surface area contributed by atoms with E-state index in [1.54, 1.807) is 13.3 Å². The van der Waals surface area contributed by atoms with Gasteiger partial charge in [-0.1, -0.05) is 24.6 Å². The van der Waals surface area contributed by atoms with Gasteiger partial charge in [0, 0.05) is 22.9 Å². The molecule has 0 aliphatic heterocycles. The summed E-state index contributed by atoms with van der Waals surface area (Å²) in [6.45, 7) is 7.93. The summed E-state index contributed by atoms with van der Waals surface area (Å²) in [4.78, 5) is 4.15. The van der Waals surface area contributed by atoms with Gasteiger partial charge >= 0.3 is 0 Å². The highest BCUT2D eigenvalue weighted by atomic mass is 35.5. The van der Waals surface area contributed by atoms with E-state index in [9.17, 15) is 4.55 Å². The number of fused-ring (bicyclic) bond motifs is 1. The summed E-state index contributed by atoms with van der Waals surface area (Å²) < 4.78 is 20.8. The van der Waals surface area contributed by atoms with Crippen LogP contribution in [0, 0.1) is 0 Å². The molecule has 2 atom stereocenters. The molecule has 1 heterocycles. The van der Waals surface area contributed by atoms with Gasteiger partial charge in [0.2, 0.25) is 0 Å². The Morgan fingerprint density at radius 2 is 2.04 bits per heavy atom. The number of nitrogens with zero attached hydrogens (tertiary/aromatic N) is 1. The van der Waals surface area contributed by atoms with E-state index >= 15 is 0 Å². The molecule has 0 saturated heterocycles. The number of halogens is 1. The third kappa shape index (κ3) is 4.10. The molecule has 0 saturated carbocycles. The van der Waals surface area contributed by atoms with Gasteiger partial charge in [-0.3, -0.25) is 0 Å². The lowest BCUT2D eigenvalue weighted by Crippen LogP contribution is -2.41. The van der Waals surface area contributed by atoms with E-state index in [0.717, 1.165) is 28.5 Å². The maximum atomic E-state index is 12.5. The van der Waals surface area contributed by atoms with E-state index in [1.165, 1.54) is 0 Å². The molecule has 2 rings (SSSR count). The number of aromatic nitrogens is 1. The topological polar surface area (TPSA) is 57.2 Å². The summed E-state index contributed by atoms with van der Waals surface area (Å²) in [6, 6.07) is 5.71. The van der Waals surface area contributed by atoms with Crippen molar-refractivity contribution in [3.05, 3.63) is 35.1 Å². The largest absolute Gasteiger partial charge is 0.598 e. The second-order valence-corrected chi connectivity index (χ2v) is 8.75. The van der Waals surface area contributed by atoms with Gasteiger partial charge in [-0.25, -0.2) is 4.98 Å². The van der Waals surface area contributed by atoms with Gasteiger partial charge in [0.15, 0.2) is 0 Å². The smallest absolute Gasteiger partial charge is 0.136 e. The molecule has 0 aliphatic carbocycles. The Kier molecular flexibility index (Phi) is 5.79. The minimum atomic E-state index is -1.15. The molecule has 0 amide bonds. The molecule has 1 unspecified atom stereocenters. The van der Waals surface area contributed by atoms with Gasteiger partial charge in [-0.05, 0) is 50.3 Å². The standard InChI is InChI=1S/C17H23ClN2O2S/c1-6-14(20-23(21)17(2,3)4)11-7-8-15(22-5)13-10-19-16(18)9-12(11)13/h7-10,14,20H,6H2,1-5H3/t14-,23?/m0/s1. The monoisotopic (exact) mass is 354 g/mol. The lowest BCUT2D eigenvalue weighted by Gasteiger charge is -2.28. The van der Waals surface area contributed by atoms with Crippen molar-refractivity contribution in [3.63, 3.8) is 0 Å². The number of benzene rings is 1. The molecule has 6 heteroatoms. The fourth-order valence-electron chi connectivity index (χ4n) is 2.36. The first-order valence-corrected chi connectivity index (χ1v) is 9.11. The van der Waals surface area contributed by atoms with Crippen LogP contribution in [0.1, 0.15) is 45.7 Å². The third-order valence-electron chi connectivity index (χ3n) is 3.67. The summed E-state index contributed by atoms with van der Waals surface area (Å²) in [7, 11) is 1.63. The summed E-state index contributed by atoms with van der Waals surface area (Å²) in [5, 5.41) is 2.30. The van der Waals surface area contributed by atoms with Crippen molar-refractivity contribution < 1.29 is 9.29 Å². The van der Waals surface area contributed by atoms with Crippen molar-refractivity contribution in [1.82, 2.24) is 9.71 Å². The number of hydrogen-bond donors (Lipinski definition) is 1. The highest BCUT2D eigenvalue weighted by molar-refractivity contribution is 7.90. The van der Waals surface area contributed by atoms with Crippen LogP contribution in [-0.4, -0.2) is 21.4 Å². The van der Waals surface area contributed by atoms with E-state index in [0.29, 0.717) is 5.15 Å². The van der Waals surface area contributed by atoms with Gasteiger partial charge in [0.1, 0.15) is 15.6 Å². The molecule has 0 fully saturated rings. The minimum Gasteiger partial charge on any atom is -0.598 e. The zero-order valence-electron chi connectivity index (χ0n) is 14.1. The predicted octanol–water partition coefficient (Wildman–Crippen LogP) is 4.40. The molecule has 0 bridgehead atoms. The van der Waals surface area contributed by atoms with Crippen molar-refractivity contribution in [1.29, 1.82) is 0 Å². The quantitative estimate of drug-likeness (QED) is 0.638. The molecular weight excluding hydrogens is 332 g/mol. The molecule has 1 aromatic heterocycles. The zero-order chi connectivity index (χ0) is 17.2. The molecule has 23 heavy (non-hydrogen) atoms. The highest BCUT2D eigenvalue weighted by Crippen LogP contribution is 2.34. The maximum absolute atomic E-state index is 12.5. The summed E-state index contributed by atoms with van der Waals surface area (Å²) >= 11 is 4.93. The molecule has 126 valence electrons. The van der Waals surface area contributed by atoms with Crippen LogP contribution in [0.2, 0.25) is 5.15 Å². The van der Waals surface area contributed by atoms with Crippen LogP contribution in [0.5, 0.6) is 5.75 Å². The molecular formula is C17H23ClN2O2S. The molecule has 0 aliphatic rings. The van der Waals surface area contributed by atoms with Crippen molar-refractivity contribution in [3.8, 4) is 5.75 Å². The van der Waals surface area contributed by atoms with Crippen molar-refractivity contribution >= 4 is 33.7 Å². The third-order valence-corrected chi connectivity index (χ3v) is 5.49. The number of hydrogen-bond acceptors (Lipinski definition) is 4. The summed E-state index contributed by atoms with van der Waals surface area (Å²) in [6.07, 6.45) is 2.52. The molecule has 0 spiro atoms. The maximum Gasteiger partial charge on any atom is 0.136 e. The van der Waals surface area contributed by atoms with Crippen LogP contribution in [0.4, 0.5) is 0 Å². The average molecular weight is 355 g/mol. The first-order valence-electron chi connectivity index (χ1n) is 7.58. The van der Waals surface area contributed by atoms with Gasteiger partial charge < -0.3 is 9.29 Å². The van der Waals surface area contributed by atoms with Crippen LogP contribution in [0.3, 0.4) is 0 Å². The summed E-state index contributed by atoms with van der Waals surface area (Å²) in [5.74, 6) is 0.750. The fourth-order valence-corrected chi connectivity index (χ4v) is 3.43. The SMILES string of the molecule is CC[C@H](N[S+]([O-])C(C)(C)C)c1ccc(OC)c2cnc(Cl)cc12. The number of methoxy groups -OCH3 is 1. The number of pyridine rings is 1. The van der Waals surface area contributed by atoms with Gasteiger partial charge in [-0.15, -0.1) is 4.72 Å². The van der Waals surface area contributed by atoms with E-state index in [-0.39, 0.29) is 10.8 Å². The summed E-state index contributed by atoms with van der Waals surface area (Å²) in [5.41, 5.74) is 1.05. The highest BCUT2D eigenvalue weighted by Gasteiger charge is 2.30. The number of rotatable bonds is 5. The van der Waals surface area contributed by atoms with Crippen LogP contribution in [-0.2, 0) is 11.4 Å². The Hall–Kier alpha value is -1.01. The number of ether oxygens (including phenoxy) is 1. The van der Waals surface area contributed by atoms with Crippen molar-refractivity contribution in [2.45, 2.75) is 44.9 Å². The second kappa shape index (κ2) is 7.26. The minimum absolute atomic E-state index is 0.0399. The van der Waals surface area contributed by atoms with Gasteiger partial charge in [-0.2, -0.15) is 0 Å². The van der Waals surface area contributed by atoms with Gasteiger partial charge in [0.05, 0.1) is 13.2 Å². The van der Waals surface area contributed by atoms with Crippen LogP contribution in [0.25, 0.3) is 10.8 Å². The molecule has 2 aromatic rings. The first-order chi connectivity index (χ1) is 10.8. The Bertz CT molecular complexity index is 688. The molecule has 4 nitrogen and oxygen atoms in total. The van der Waals surface area contributed by atoms with Gasteiger partial charge in [0.25, 0.3) is 0 Å². The predicted molar refractivity (Wildman–Crippen MR) is 97.4 cm³/mol. The normalized spacial score (nSPS) is 14.7. The van der Waals surface area contributed by atoms with E-state index in [2.05, 4.69) is 16.6 Å². The Morgan fingerprint density at radius 3 is 2.61 bits per heavy atom. The van der Waals surface area contributed by atoms with Crippen molar-refractivity contribution in [2.75, 3.05) is 7.11 Å². The fraction of sp³-hybridized carbons (Fsp3) is 0.471. The molecule has 1 aromatic carbocycles. The number of nitrogens with one attached hydrogen (secondary N) is 1. The van der Waals surface area contributed by atoms with E-state index in [1.807, 2.05) is 39.0 Å². The Labute approximate surface area is 145 Å². The van der Waals surface area contributed by atoms with E-state index < -0.39 is 11.4 Å². The second-order valence-electron chi connectivity index (χ2n) is 6.37. The lowest BCUT2D eigenvalue weighted by atomic mass is 9.98. The molecule has 1 N–H and O–H groups in total. The first kappa shape index (κ1) is 18.3. The lowest BCUT2D eigenvalue weighted by molar-refractivity contribution is 0.419. The van der Waals surface area contributed by atoms with Crippen molar-refractivity contribution in [2.24, 2.45) is 0 Å². The van der Waals surface area contributed by atoms with Crippen LogP contribution >= 0.6 is 11.6 Å². The Morgan fingerprint density at radius 1 is 1.35 bits per heavy atom. The van der Waals surface area contributed by atoms with Crippen LogP contribution in [0.15, 0.2) is 24.4 Å². The average Bonchev–Trinajstić information content (AvgIpc) is 2.50. The Balaban J connectivity index is 2.50. The zero-order valence-corrected chi connectivity index (χ0v) is 15.7. The van der Waals surface area contributed by atoms with E-state index in [4.69, 9.17) is 16.3 Å². The van der Waals surface area contributed by atoms with Crippen LogP contribution < -0.4 is 9.46 Å².